The zero-order valence-corrected chi connectivity index (χ0v) is 7.15. The van der Waals surface area contributed by atoms with Crippen molar-refractivity contribution < 1.29 is 10.2 Å². The molecule has 2 aromatic rings. The second-order valence-corrected chi connectivity index (χ2v) is 2.99. The highest BCUT2D eigenvalue weighted by molar-refractivity contribution is 5.86. The van der Waals surface area contributed by atoms with Gasteiger partial charge in [-0.25, -0.2) is 0 Å². The van der Waals surface area contributed by atoms with E-state index in [1.807, 2.05) is 0 Å². The van der Waals surface area contributed by atoms with Crippen LogP contribution in [0.4, 0.5) is 0 Å². The molecule has 0 unspecified atom stereocenters. The molecule has 1 aromatic carbocycles. The van der Waals surface area contributed by atoms with Gasteiger partial charge in [0, 0.05) is 11.6 Å². The van der Waals surface area contributed by atoms with Gasteiger partial charge in [0.15, 0.2) is 0 Å². The predicted molar refractivity (Wildman–Crippen MR) is 49.8 cm³/mol. The van der Waals surface area contributed by atoms with E-state index in [0.717, 1.165) is 5.56 Å². The summed E-state index contributed by atoms with van der Waals surface area (Å²) in [6, 6.07) is 4.76. The van der Waals surface area contributed by atoms with E-state index in [9.17, 15) is 10.2 Å². The molecule has 66 valence electrons. The van der Waals surface area contributed by atoms with E-state index in [-0.39, 0.29) is 11.5 Å². The monoisotopic (exact) mass is 175 g/mol. The highest BCUT2D eigenvalue weighted by atomic mass is 16.3. The maximum absolute atomic E-state index is 9.44. The van der Waals surface area contributed by atoms with Gasteiger partial charge < -0.3 is 10.2 Å². The zero-order valence-electron chi connectivity index (χ0n) is 7.15. The SMILES string of the molecule is Cc1cc2nccc(O)c2cc1O. The number of fused-ring (bicyclic) bond motifs is 1. The molecule has 13 heavy (non-hydrogen) atoms. The number of aromatic hydroxyl groups is 2. The minimum absolute atomic E-state index is 0.139. The molecule has 0 aliphatic rings. The Kier molecular flexibility index (Phi) is 1.59. The molecule has 1 heterocycles. The summed E-state index contributed by atoms with van der Waals surface area (Å²) in [5.41, 5.74) is 1.45. The van der Waals surface area contributed by atoms with Crippen LogP contribution in [0.3, 0.4) is 0 Å². The van der Waals surface area contributed by atoms with Crippen LogP contribution in [0, 0.1) is 6.92 Å². The van der Waals surface area contributed by atoms with Crippen molar-refractivity contribution in [3.8, 4) is 11.5 Å². The molecule has 0 spiro atoms. The Labute approximate surface area is 75.3 Å². The van der Waals surface area contributed by atoms with Gasteiger partial charge in [-0.2, -0.15) is 0 Å². The molecule has 0 bridgehead atoms. The Bertz CT molecular complexity index is 466. The predicted octanol–water partition coefficient (Wildman–Crippen LogP) is 1.95. The van der Waals surface area contributed by atoms with Gasteiger partial charge in [-0.15, -0.1) is 0 Å². The number of nitrogens with zero attached hydrogens (tertiary/aromatic N) is 1. The molecule has 0 aliphatic carbocycles. The normalized spacial score (nSPS) is 10.5. The first-order valence-corrected chi connectivity index (χ1v) is 3.96. The number of aryl methyl sites for hydroxylation is 1. The highest BCUT2D eigenvalue weighted by Crippen LogP contribution is 2.28. The highest BCUT2D eigenvalue weighted by Gasteiger charge is 2.03. The number of phenolic OH excluding ortho intramolecular Hbond substituents is 1. The molecule has 0 amide bonds. The molecule has 1 aromatic heterocycles. The summed E-state index contributed by atoms with van der Waals surface area (Å²) in [4.78, 5) is 4.07. The van der Waals surface area contributed by atoms with Crippen LogP contribution in [0.5, 0.6) is 11.5 Å². The van der Waals surface area contributed by atoms with Crippen LogP contribution in [0.25, 0.3) is 10.9 Å². The summed E-state index contributed by atoms with van der Waals surface area (Å²) >= 11 is 0. The molecule has 2 rings (SSSR count). The minimum Gasteiger partial charge on any atom is -0.508 e. The van der Waals surface area contributed by atoms with Crippen molar-refractivity contribution in [2.24, 2.45) is 0 Å². The lowest BCUT2D eigenvalue weighted by Crippen LogP contribution is -1.81. The molecular formula is C10H9NO2. The topological polar surface area (TPSA) is 53.4 Å². The third kappa shape index (κ3) is 1.18. The minimum atomic E-state index is 0.139. The summed E-state index contributed by atoms with van der Waals surface area (Å²) in [5.74, 6) is 0.316. The summed E-state index contributed by atoms with van der Waals surface area (Å²) < 4.78 is 0. The Hall–Kier alpha value is -1.77. The maximum atomic E-state index is 9.44. The number of hydrogen-bond donors (Lipinski definition) is 2. The number of phenols is 1. The van der Waals surface area contributed by atoms with Gasteiger partial charge in [0.25, 0.3) is 0 Å². The van der Waals surface area contributed by atoms with Crippen LogP contribution in [0.1, 0.15) is 5.56 Å². The first-order chi connectivity index (χ1) is 6.18. The molecule has 2 N–H and O–H groups in total. The molecule has 0 fully saturated rings. The second kappa shape index (κ2) is 2.62. The van der Waals surface area contributed by atoms with Crippen LogP contribution >= 0.6 is 0 Å². The number of hydrogen-bond acceptors (Lipinski definition) is 3. The number of aromatic nitrogens is 1. The Morgan fingerprint density at radius 3 is 2.69 bits per heavy atom. The van der Waals surface area contributed by atoms with Crippen LogP contribution in [0.2, 0.25) is 0 Å². The van der Waals surface area contributed by atoms with Crippen LogP contribution in [0.15, 0.2) is 24.4 Å². The van der Waals surface area contributed by atoms with Gasteiger partial charge >= 0.3 is 0 Å². The van der Waals surface area contributed by atoms with Crippen molar-refractivity contribution in [3.63, 3.8) is 0 Å². The molecular weight excluding hydrogens is 166 g/mol. The Balaban J connectivity index is 2.89. The van der Waals surface area contributed by atoms with Crippen molar-refractivity contribution in [2.75, 3.05) is 0 Å². The quantitative estimate of drug-likeness (QED) is 0.643. The van der Waals surface area contributed by atoms with E-state index >= 15 is 0 Å². The van der Waals surface area contributed by atoms with Gasteiger partial charge in [0.05, 0.1) is 5.52 Å². The van der Waals surface area contributed by atoms with E-state index in [2.05, 4.69) is 4.98 Å². The largest absolute Gasteiger partial charge is 0.508 e. The first kappa shape index (κ1) is 7.86. The van der Waals surface area contributed by atoms with E-state index in [1.54, 1.807) is 13.0 Å². The lowest BCUT2D eigenvalue weighted by molar-refractivity contribution is 0.468. The summed E-state index contributed by atoms with van der Waals surface area (Å²) in [6.07, 6.45) is 1.54. The van der Waals surface area contributed by atoms with Gasteiger partial charge in [-0.3, -0.25) is 4.98 Å². The molecule has 0 aliphatic heterocycles. The second-order valence-electron chi connectivity index (χ2n) is 2.99. The zero-order chi connectivity index (χ0) is 9.42. The summed E-state index contributed by atoms with van der Waals surface area (Å²) in [5, 5.41) is 19.4. The van der Waals surface area contributed by atoms with Crippen molar-refractivity contribution in [2.45, 2.75) is 6.92 Å². The van der Waals surface area contributed by atoms with Crippen LogP contribution in [-0.2, 0) is 0 Å². The van der Waals surface area contributed by atoms with E-state index in [0.29, 0.717) is 10.9 Å². The van der Waals surface area contributed by atoms with Crippen molar-refractivity contribution in [3.05, 3.63) is 30.0 Å². The third-order valence-electron chi connectivity index (χ3n) is 2.04. The van der Waals surface area contributed by atoms with Crippen LogP contribution < -0.4 is 0 Å². The maximum Gasteiger partial charge on any atom is 0.126 e. The van der Waals surface area contributed by atoms with Crippen molar-refractivity contribution in [1.29, 1.82) is 0 Å². The smallest absolute Gasteiger partial charge is 0.126 e. The fraction of sp³-hybridized carbons (Fsp3) is 0.100. The molecule has 0 saturated carbocycles. The molecule has 0 radical (unpaired) electrons. The lowest BCUT2D eigenvalue weighted by atomic mass is 10.1. The number of rotatable bonds is 0. The fourth-order valence-corrected chi connectivity index (χ4v) is 1.27. The van der Waals surface area contributed by atoms with Gasteiger partial charge in [0.2, 0.25) is 0 Å². The average molecular weight is 175 g/mol. The van der Waals surface area contributed by atoms with Crippen LogP contribution in [-0.4, -0.2) is 15.2 Å². The molecule has 3 nitrogen and oxygen atoms in total. The lowest BCUT2D eigenvalue weighted by Gasteiger charge is -2.02. The Morgan fingerprint density at radius 2 is 1.92 bits per heavy atom. The average Bonchev–Trinajstić information content (AvgIpc) is 2.09. The standard InChI is InChI=1S/C10H9NO2/c1-6-4-8-7(5-10(6)13)9(12)2-3-11-8/h2-5,13H,1H3,(H,11,12). The summed E-state index contributed by atoms with van der Waals surface area (Å²) in [7, 11) is 0. The number of pyridine rings is 1. The summed E-state index contributed by atoms with van der Waals surface area (Å²) in [6.45, 7) is 1.79. The van der Waals surface area contributed by atoms with Gasteiger partial charge in [-0.1, -0.05) is 0 Å². The molecule has 0 atom stereocenters. The van der Waals surface area contributed by atoms with E-state index < -0.39 is 0 Å². The van der Waals surface area contributed by atoms with E-state index in [4.69, 9.17) is 0 Å². The van der Waals surface area contributed by atoms with Crippen molar-refractivity contribution in [1.82, 2.24) is 4.98 Å². The third-order valence-corrected chi connectivity index (χ3v) is 2.04. The van der Waals surface area contributed by atoms with E-state index in [1.165, 1.54) is 18.3 Å². The van der Waals surface area contributed by atoms with Crippen molar-refractivity contribution >= 4 is 10.9 Å². The first-order valence-electron chi connectivity index (χ1n) is 3.96. The van der Waals surface area contributed by atoms with Gasteiger partial charge in [-0.05, 0) is 30.7 Å². The molecule has 3 heteroatoms. The fourth-order valence-electron chi connectivity index (χ4n) is 1.27. The Morgan fingerprint density at radius 1 is 1.15 bits per heavy atom. The number of benzene rings is 1. The van der Waals surface area contributed by atoms with Gasteiger partial charge in [0.1, 0.15) is 11.5 Å². The molecule has 0 saturated heterocycles.